The third kappa shape index (κ3) is 5.82. The molecular weight excluding hydrogens is 453 g/mol. The van der Waals surface area contributed by atoms with E-state index < -0.39 is 30.0 Å². The second-order valence-electron chi connectivity index (χ2n) is 7.97. The van der Waals surface area contributed by atoms with Crippen molar-refractivity contribution < 1.29 is 28.2 Å². The van der Waals surface area contributed by atoms with Gasteiger partial charge >= 0.3 is 6.09 Å². The van der Waals surface area contributed by atoms with Gasteiger partial charge in [0.15, 0.2) is 12.1 Å². The molecule has 0 aromatic heterocycles. The van der Waals surface area contributed by atoms with Crippen LogP contribution in [0.25, 0.3) is 0 Å². The van der Waals surface area contributed by atoms with Crippen molar-refractivity contribution in [3.8, 4) is 0 Å². The molecule has 3 aromatic rings. The maximum absolute atomic E-state index is 13.4. The van der Waals surface area contributed by atoms with Gasteiger partial charge < -0.3 is 20.1 Å². The van der Waals surface area contributed by atoms with Gasteiger partial charge in [0.2, 0.25) is 5.91 Å². The number of benzene rings is 3. The van der Waals surface area contributed by atoms with Crippen LogP contribution >= 0.6 is 0 Å². The summed E-state index contributed by atoms with van der Waals surface area (Å²) in [4.78, 5) is 39.6. The highest BCUT2D eigenvalue weighted by Crippen LogP contribution is 2.35. The Kier molecular flexibility index (Phi) is 7.37. The lowest BCUT2D eigenvalue weighted by Crippen LogP contribution is -2.43. The summed E-state index contributed by atoms with van der Waals surface area (Å²) in [5.74, 6) is -1.26. The van der Waals surface area contributed by atoms with E-state index in [1.165, 1.54) is 36.3 Å². The largest absolute Gasteiger partial charge is 0.438 e. The Morgan fingerprint density at radius 2 is 1.71 bits per heavy atom. The van der Waals surface area contributed by atoms with Gasteiger partial charge in [-0.25, -0.2) is 9.18 Å². The van der Waals surface area contributed by atoms with Crippen LogP contribution in [0.1, 0.15) is 17.2 Å². The summed E-state index contributed by atoms with van der Waals surface area (Å²) in [5.41, 5.74) is 2.21. The van der Waals surface area contributed by atoms with E-state index in [-0.39, 0.29) is 19.1 Å². The molecule has 0 spiro atoms. The summed E-state index contributed by atoms with van der Waals surface area (Å²) >= 11 is 0. The molecule has 0 saturated carbocycles. The summed E-state index contributed by atoms with van der Waals surface area (Å²) in [7, 11) is 1.42. The number of nitrogens with one attached hydrogen (secondary N) is 2. The third-order valence-electron chi connectivity index (χ3n) is 5.44. The maximum atomic E-state index is 13.4. The predicted molar refractivity (Wildman–Crippen MR) is 127 cm³/mol. The smallest absolute Gasteiger partial charge is 0.411 e. The number of halogens is 1. The van der Waals surface area contributed by atoms with Crippen LogP contribution in [0.3, 0.4) is 0 Å². The minimum Gasteiger partial charge on any atom is -0.438 e. The van der Waals surface area contributed by atoms with Gasteiger partial charge in [0.05, 0.1) is 6.54 Å². The number of ether oxygens (including phenoxy) is 2. The van der Waals surface area contributed by atoms with Gasteiger partial charge in [0.25, 0.3) is 5.91 Å². The molecule has 0 bridgehead atoms. The Hall–Kier alpha value is -4.24. The van der Waals surface area contributed by atoms with Crippen LogP contribution in [0.2, 0.25) is 0 Å². The number of cyclic esters (lactones) is 1. The van der Waals surface area contributed by atoms with E-state index in [4.69, 9.17) is 9.47 Å². The van der Waals surface area contributed by atoms with E-state index in [1.807, 2.05) is 30.3 Å². The van der Waals surface area contributed by atoms with Crippen molar-refractivity contribution in [3.63, 3.8) is 0 Å². The van der Waals surface area contributed by atoms with Crippen molar-refractivity contribution in [2.24, 2.45) is 0 Å². The molecule has 3 aromatic carbocycles. The van der Waals surface area contributed by atoms with Crippen LogP contribution in [0.5, 0.6) is 0 Å². The fourth-order valence-electron chi connectivity index (χ4n) is 3.86. The van der Waals surface area contributed by atoms with Gasteiger partial charge in [-0.2, -0.15) is 0 Å². The number of methoxy groups -OCH3 is 1. The van der Waals surface area contributed by atoms with Gasteiger partial charge in [-0.05, 0) is 47.5 Å². The highest BCUT2D eigenvalue weighted by atomic mass is 19.1. The average Bonchev–Trinajstić information content (AvgIpc) is 3.17. The van der Waals surface area contributed by atoms with Crippen molar-refractivity contribution in [1.82, 2.24) is 4.90 Å². The van der Waals surface area contributed by atoms with E-state index in [9.17, 15) is 18.8 Å². The molecule has 35 heavy (non-hydrogen) atoms. The molecule has 3 amide bonds. The van der Waals surface area contributed by atoms with Crippen molar-refractivity contribution in [2.45, 2.75) is 18.7 Å². The molecule has 8 nitrogen and oxygen atoms in total. The number of carbonyl (C=O) groups is 3. The highest BCUT2D eigenvalue weighted by Gasteiger charge is 2.47. The Morgan fingerprint density at radius 1 is 0.971 bits per heavy atom. The number of hydrogen-bond acceptors (Lipinski definition) is 5. The monoisotopic (exact) mass is 477 g/mol. The first kappa shape index (κ1) is 23.9. The minimum absolute atomic E-state index is 0.115. The molecule has 1 saturated heterocycles. The number of anilines is 2. The normalized spacial score (nSPS) is 17.1. The molecule has 2 N–H and O–H groups in total. The second kappa shape index (κ2) is 10.8. The maximum Gasteiger partial charge on any atom is 0.411 e. The van der Waals surface area contributed by atoms with Gasteiger partial charge in [0.1, 0.15) is 12.4 Å². The molecule has 0 radical (unpaired) electrons. The quantitative estimate of drug-likeness (QED) is 0.509. The van der Waals surface area contributed by atoms with E-state index >= 15 is 0 Å². The Morgan fingerprint density at radius 3 is 2.43 bits per heavy atom. The molecule has 1 aliphatic rings. The lowest BCUT2D eigenvalue weighted by atomic mass is 10.00. The zero-order valence-electron chi connectivity index (χ0n) is 18.9. The Labute approximate surface area is 201 Å². The molecule has 1 fully saturated rings. The van der Waals surface area contributed by atoms with Crippen LogP contribution in [0.4, 0.5) is 20.6 Å². The molecule has 0 aliphatic carbocycles. The molecule has 2 atom stereocenters. The summed E-state index contributed by atoms with van der Waals surface area (Å²) in [6, 6.07) is 20.3. The standard InChI is InChI=1S/C26H24FN3O5/c1-34-16-22(31)28-21-9-5-8-18(14-21)24-23(25(32)29-20-12-10-19(27)11-13-20)30(26(33)35-24)15-17-6-3-2-4-7-17/h2-14,23-24H,15-16H2,1H3,(H,28,31)(H,29,32). The fourth-order valence-corrected chi connectivity index (χ4v) is 3.86. The molecule has 1 aliphatic heterocycles. The molecule has 2 unspecified atom stereocenters. The summed E-state index contributed by atoms with van der Waals surface area (Å²) in [6.45, 7) is 0.0398. The number of amides is 3. The van der Waals surface area contributed by atoms with Crippen LogP contribution < -0.4 is 10.6 Å². The van der Waals surface area contributed by atoms with Gasteiger partial charge in [-0.1, -0.05) is 42.5 Å². The van der Waals surface area contributed by atoms with Crippen LogP contribution in [0, 0.1) is 5.82 Å². The lowest BCUT2D eigenvalue weighted by molar-refractivity contribution is -0.121. The second-order valence-corrected chi connectivity index (χ2v) is 7.97. The molecule has 9 heteroatoms. The van der Waals surface area contributed by atoms with E-state index in [0.717, 1.165) is 5.56 Å². The van der Waals surface area contributed by atoms with Crippen molar-refractivity contribution in [3.05, 3.63) is 95.8 Å². The zero-order chi connectivity index (χ0) is 24.8. The number of carbonyl (C=O) groups excluding carboxylic acids is 3. The number of hydrogen-bond donors (Lipinski definition) is 2. The van der Waals surface area contributed by atoms with E-state index in [2.05, 4.69) is 10.6 Å². The van der Waals surface area contributed by atoms with Crippen molar-refractivity contribution in [1.29, 1.82) is 0 Å². The van der Waals surface area contributed by atoms with Crippen molar-refractivity contribution in [2.75, 3.05) is 24.4 Å². The Bertz CT molecular complexity index is 1200. The van der Waals surface area contributed by atoms with Gasteiger partial charge in [0, 0.05) is 18.5 Å². The first-order valence-corrected chi connectivity index (χ1v) is 10.9. The van der Waals surface area contributed by atoms with Crippen LogP contribution in [0.15, 0.2) is 78.9 Å². The zero-order valence-corrected chi connectivity index (χ0v) is 18.9. The van der Waals surface area contributed by atoms with Crippen LogP contribution in [-0.4, -0.2) is 42.6 Å². The minimum atomic E-state index is -1.02. The summed E-state index contributed by atoms with van der Waals surface area (Å²) in [5, 5.41) is 5.45. The van der Waals surface area contributed by atoms with Crippen LogP contribution in [-0.2, 0) is 25.6 Å². The number of rotatable bonds is 8. The highest BCUT2D eigenvalue weighted by molar-refractivity contribution is 5.98. The summed E-state index contributed by atoms with van der Waals surface area (Å²) in [6.07, 6.45) is -1.59. The average molecular weight is 477 g/mol. The lowest BCUT2D eigenvalue weighted by Gasteiger charge is -2.24. The third-order valence-corrected chi connectivity index (χ3v) is 5.44. The number of nitrogens with zero attached hydrogens (tertiary/aromatic N) is 1. The van der Waals surface area contributed by atoms with Gasteiger partial charge in [-0.3, -0.25) is 14.5 Å². The summed E-state index contributed by atoms with van der Waals surface area (Å²) < 4.78 is 23.8. The Balaban J connectivity index is 1.64. The first-order valence-electron chi connectivity index (χ1n) is 10.9. The predicted octanol–water partition coefficient (Wildman–Crippen LogP) is 4.11. The first-order chi connectivity index (χ1) is 16.9. The molecule has 4 rings (SSSR count). The van der Waals surface area contributed by atoms with E-state index in [0.29, 0.717) is 16.9 Å². The molecular formula is C26H24FN3O5. The SMILES string of the molecule is COCC(=O)Nc1cccc(C2OC(=O)N(Cc3ccccc3)C2C(=O)Nc2ccc(F)cc2)c1. The molecule has 180 valence electrons. The van der Waals surface area contributed by atoms with Gasteiger partial charge in [-0.15, -0.1) is 0 Å². The molecule has 1 heterocycles. The van der Waals surface area contributed by atoms with E-state index in [1.54, 1.807) is 24.3 Å². The van der Waals surface area contributed by atoms with Crippen molar-refractivity contribution >= 4 is 29.3 Å². The topological polar surface area (TPSA) is 97.0 Å². The fraction of sp³-hybridized carbons (Fsp3) is 0.192.